The molecule has 0 fully saturated rings. The number of quaternary nitrogens is 2. The predicted molar refractivity (Wildman–Crippen MR) is 111 cm³/mol. The van der Waals surface area contributed by atoms with E-state index in [-0.39, 0.29) is 48.1 Å². The molecular formula is C21H46Cl2N2O4. The number of carbonyl (C=O) groups excluding carboxylic acids is 2. The largest absolute Gasteiger partial charge is 1.00 e. The minimum Gasteiger partial charge on any atom is -1.00 e. The van der Waals surface area contributed by atoms with Crippen LogP contribution in [0.1, 0.15) is 47.5 Å². The smallest absolute Gasteiger partial charge is 0.311 e. The van der Waals surface area contributed by atoms with E-state index in [1.54, 1.807) is 0 Å². The fourth-order valence-corrected chi connectivity index (χ4v) is 1.48. The van der Waals surface area contributed by atoms with E-state index < -0.39 is 0 Å². The molecule has 0 aromatic rings. The summed E-state index contributed by atoms with van der Waals surface area (Å²) in [4.78, 5) is 22.8. The van der Waals surface area contributed by atoms with Gasteiger partial charge in [0.2, 0.25) is 0 Å². The Kier molecular flexibility index (Phi) is 20.0. The Labute approximate surface area is 192 Å². The van der Waals surface area contributed by atoms with Crippen LogP contribution in [0.25, 0.3) is 0 Å². The van der Waals surface area contributed by atoms with E-state index >= 15 is 0 Å². The summed E-state index contributed by atoms with van der Waals surface area (Å²) in [6.07, 6.45) is 1.67. The van der Waals surface area contributed by atoms with Gasteiger partial charge in [0, 0.05) is 0 Å². The first-order valence-electron chi connectivity index (χ1n) is 10.0. The van der Waals surface area contributed by atoms with Crippen molar-refractivity contribution in [3.8, 4) is 0 Å². The molecule has 0 spiro atoms. The van der Waals surface area contributed by atoms with Crippen LogP contribution in [0.5, 0.6) is 0 Å². The van der Waals surface area contributed by atoms with Crippen LogP contribution in [-0.4, -0.2) is 89.5 Å². The molecule has 0 rings (SSSR count). The summed E-state index contributed by atoms with van der Waals surface area (Å²) in [5, 5.41) is 0. The van der Waals surface area contributed by atoms with Crippen LogP contribution < -0.4 is 24.8 Å². The standard InChI is InChI=1S/C11H24NO2.C10H22NO2.2ClH/c1-7-11(2,3)10(13)14-9-8-12(4,5)6;1-6-9(2)10(12)13-8-7-11(3,4)5;;/h7-9H2,1-6H3;9H,6-8H2,1-5H3;2*1H/q2*+1;;/p-2. The van der Waals surface area contributed by atoms with Crippen LogP contribution in [0.4, 0.5) is 0 Å². The molecule has 0 heterocycles. The summed E-state index contributed by atoms with van der Waals surface area (Å²) in [5.41, 5.74) is -0.342. The molecule has 29 heavy (non-hydrogen) atoms. The Balaban J connectivity index is -0.000000202. The summed E-state index contributed by atoms with van der Waals surface area (Å²) in [7, 11) is 12.5. The molecule has 178 valence electrons. The van der Waals surface area contributed by atoms with Crippen molar-refractivity contribution in [1.29, 1.82) is 0 Å². The van der Waals surface area contributed by atoms with Crippen LogP contribution in [0, 0.1) is 11.3 Å². The van der Waals surface area contributed by atoms with Gasteiger partial charge < -0.3 is 43.3 Å². The molecule has 0 radical (unpaired) electrons. The number of halogens is 2. The zero-order chi connectivity index (χ0) is 21.9. The highest BCUT2D eigenvalue weighted by atomic mass is 35.5. The van der Waals surface area contributed by atoms with Crippen LogP contribution in [0.2, 0.25) is 0 Å². The van der Waals surface area contributed by atoms with Crippen LogP contribution >= 0.6 is 0 Å². The maximum absolute atomic E-state index is 11.6. The zero-order valence-electron chi connectivity index (χ0n) is 20.6. The molecule has 8 heteroatoms. The summed E-state index contributed by atoms with van der Waals surface area (Å²) in [6.45, 7) is 12.5. The number of nitrogens with zero attached hydrogens (tertiary/aromatic N) is 2. The van der Waals surface area contributed by atoms with Gasteiger partial charge in [-0.15, -0.1) is 0 Å². The van der Waals surface area contributed by atoms with Crippen molar-refractivity contribution >= 4 is 11.9 Å². The first-order chi connectivity index (χ1) is 12.1. The Bertz CT molecular complexity index is 445. The molecule has 0 bridgehead atoms. The molecule has 1 unspecified atom stereocenters. The van der Waals surface area contributed by atoms with E-state index in [1.807, 2.05) is 34.6 Å². The quantitative estimate of drug-likeness (QED) is 0.257. The maximum atomic E-state index is 11.6. The first-order valence-corrected chi connectivity index (χ1v) is 10.0. The van der Waals surface area contributed by atoms with Gasteiger partial charge in [0.15, 0.2) is 0 Å². The third kappa shape index (κ3) is 22.0. The molecule has 0 aromatic heterocycles. The number of hydrogen-bond acceptors (Lipinski definition) is 4. The maximum Gasteiger partial charge on any atom is 0.311 e. The molecule has 0 saturated carbocycles. The van der Waals surface area contributed by atoms with Crippen molar-refractivity contribution in [2.45, 2.75) is 47.5 Å². The third-order valence-electron chi connectivity index (χ3n) is 4.45. The van der Waals surface area contributed by atoms with E-state index in [2.05, 4.69) is 42.3 Å². The van der Waals surface area contributed by atoms with Gasteiger partial charge in [0.1, 0.15) is 26.3 Å². The number of rotatable bonds is 10. The zero-order valence-corrected chi connectivity index (χ0v) is 22.1. The molecule has 0 aromatic carbocycles. The highest BCUT2D eigenvalue weighted by Gasteiger charge is 2.27. The number of ether oxygens (including phenoxy) is 2. The molecule has 0 N–H and O–H groups in total. The summed E-state index contributed by atoms with van der Waals surface area (Å²) < 4.78 is 12.0. The van der Waals surface area contributed by atoms with Gasteiger partial charge in [-0.2, -0.15) is 0 Å². The lowest BCUT2D eigenvalue weighted by molar-refractivity contribution is -0.870. The second kappa shape index (κ2) is 16.2. The van der Waals surface area contributed by atoms with Gasteiger partial charge in [-0.05, 0) is 26.7 Å². The summed E-state index contributed by atoms with van der Waals surface area (Å²) in [5.74, 6) is -0.128. The predicted octanol–water partition coefficient (Wildman–Crippen LogP) is -3.04. The van der Waals surface area contributed by atoms with Crippen LogP contribution in [0.3, 0.4) is 0 Å². The molecule has 0 aliphatic heterocycles. The van der Waals surface area contributed by atoms with Crippen molar-refractivity contribution < 1.29 is 52.8 Å². The topological polar surface area (TPSA) is 52.6 Å². The van der Waals surface area contributed by atoms with E-state index in [9.17, 15) is 9.59 Å². The van der Waals surface area contributed by atoms with Crippen molar-refractivity contribution in [2.75, 3.05) is 68.6 Å². The molecule has 0 aliphatic carbocycles. The van der Waals surface area contributed by atoms with Gasteiger partial charge in [0.25, 0.3) is 0 Å². The lowest BCUT2D eigenvalue weighted by atomic mass is 9.91. The SMILES string of the molecule is CCC(C)(C)C(=O)OCC[N+](C)(C)C.CCC(C)C(=O)OCC[N+](C)(C)C.[Cl-].[Cl-]. The molecule has 0 amide bonds. The lowest BCUT2D eigenvalue weighted by Crippen LogP contribution is -3.00. The molecule has 0 saturated heterocycles. The van der Waals surface area contributed by atoms with Gasteiger partial charge in [-0.3, -0.25) is 9.59 Å². The van der Waals surface area contributed by atoms with Crippen LogP contribution in [0.15, 0.2) is 0 Å². The minimum absolute atomic E-state index is 0. The average Bonchev–Trinajstić information content (AvgIpc) is 2.51. The monoisotopic (exact) mass is 460 g/mol. The Morgan fingerprint density at radius 2 is 1.21 bits per heavy atom. The fraction of sp³-hybridized carbons (Fsp3) is 0.905. The second-order valence-corrected chi connectivity index (χ2v) is 9.88. The highest BCUT2D eigenvalue weighted by Crippen LogP contribution is 2.21. The Morgan fingerprint density at radius 3 is 1.52 bits per heavy atom. The number of carbonyl (C=O) groups is 2. The van der Waals surface area contributed by atoms with Gasteiger partial charge in [0.05, 0.1) is 53.6 Å². The summed E-state index contributed by atoms with van der Waals surface area (Å²) >= 11 is 0. The number of likely N-dealkylation sites (N-methyl/N-ethyl adjacent to an activating group) is 2. The third-order valence-corrected chi connectivity index (χ3v) is 4.45. The number of esters is 2. The van der Waals surface area contributed by atoms with E-state index in [0.717, 1.165) is 34.9 Å². The van der Waals surface area contributed by atoms with Crippen molar-refractivity contribution in [1.82, 2.24) is 0 Å². The fourth-order valence-electron chi connectivity index (χ4n) is 1.48. The Hall–Kier alpha value is -0.560. The normalized spacial score (nSPS) is 12.4. The molecular weight excluding hydrogens is 415 g/mol. The Morgan fingerprint density at radius 1 is 0.828 bits per heavy atom. The van der Waals surface area contributed by atoms with Gasteiger partial charge in [-0.25, -0.2) is 0 Å². The molecule has 0 aliphatic rings. The number of hydrogen-bond donors (Lipinski definition) is 0. The average molecular weight is 462 g/mol. The van der Waals surface area contributed by atoms with Gasteiger partial charge in [-0.1, -0.05) is 20.8 Å². The molecule has 1 atom stereocenters. The van der Waals surface area contributed by atoms with Crippen molar-refractivity contribution in [2.24, 2.45) is 11.3 Å². The second-order valence-electron chi connectivity index (χ2n) is 9.88. The van der Waals surface area contributed by atoms with Gasteiger partial charge >= 0.3 is 11.9 Å². The van der Waals surface area contributed by atoms with E-state index in [1.165, 1.54) is 0 Å². The van der Waals surface area contributed by atoms with Crippen molar-refractivity contribution in [3.05, 3.63) is 0 Å². The van der Waals surface area contributed by atoms with E-state index in [0.29, 0.717) is 13.2 Å². The first kappa shape index (κ1) is 35.9. The molecule has 6 nitrogen and oxygen atoms in total. The highest BCUT2D eigenvalue weighted by molar-refractivity contribution is 5.75. The van der Waals surface area contributed by atoms with Crippen LogP contribution in [-0.2, 0) is 19.1 Å². The summed E-state index contributed by atoms with van der Waals surface area (Å²) in [6, 6.07) is 0. The van der Waals surface area contributed by atoms with Crippen molar-refractivity contribution in [3.63, 3.8) is 0 Å². The van der Waals surface area contributed by atoms with E-state index in [4.69, 9.17) is 9.47 Å². The lowest BCUT2D eigenvalue weighted by Gasteiger charge is -2.25. The minimum atomic E-state index is -0.342.